The minimum absolute atomic E-state index is 0.546. The third-order valence-corrected chi connectivity index (χ3v) is 2.66. The Morgan fingerprint density at radius 2 is 2.11 bits per heavy atom. The van der Waals surface area contributed by atoms with Gasteiger partial charge in [-0.15, -0.1) is 0 Å². The van der Waals surface area contributed by atoms with Crippen LogP contribution >= 0.6 is 0 Å². The van der Waals surface area contributed by atoms with Crippen LogP contribution in [0.1, 0.15) is 11.4 Å². The third kappa shape index (κ3) is 2.94. The number of ether oxygens (including phenoxy) is 1. The van der Waals surface area contributed by atoms with Gasteiger partial charge in [-0.05, 0) is 24.6 Å². The predicted octanol–water partition coefficient (Wildman–Crippen LogP) is 1.43. The van der Waals surface area contributed by atoms with Crippen LogP contribution in [0.4, 0.5) is 0 Å². The van der Waals surface area contributed by atoms with Gasteiger partial charge in [-0.2, -0.15) is 4.98 Å². The summed E-state index contributed by atoms with van der Waals surface area (Å²) in [6.07, 6.45) is 1.45. The molecule has 18 heavy (non-hydrogen) atoms. The number of benzene rings is 1. The first-order valence-corrected chi connectivity index (χ1v) is 5.95. The first-order chi connectivity index (χ1) is 8.85. The molecule has 5 nitrogen and oxygen atoms in total. The summed E-state index contributed by atoms with van der Waals surface area (Å²) in [4.78, 5) is 4.36. The lowest BCUT2D eigenvalue weighted by Crippen LogP contribution is -2.04. The van der Waals surface area contributed by atoms with Crippen LogP contribution in [0.3, 0.4) is 0 Å². The van der Waals surface area contributed by atoms with E-state index in [4.69, 9.17) is 15.0 Å². The maximum Gasteiger partial charge on any atom is 0.258 e. The molecule has 0 spiro atoms. The number of hydrogen-bond acceptors (Lipinski definition) is 5. The van der Waals surface area contributed by atoms with E-state index in [1.165, 1.54) is 0 Å². The van der Waals surface area contributed by atoms with E-state index in [0.717, 1.165) is 17.5 Å². The van der Waals surface area contributed by atoms with E-state index in [1.807, 2.05) is 24.3 Å². The fourth-order valence-electron chi connectivity index (χ4n) is 1.76. The minimum atomic E-state index is 0.546. The summed E-state index contributed by atoms with van der Waals surface area (Å²) in [5.74, 6) is 1.21. The summed E-state index contributed by atoms with van der Waals surface area (Å²) in [6.45, 7) is 1.19. The Labute approximate surface area is 106 Å². The van der Waals surface area contributed by atoms with Crippen molar-refractivity contribution in [1.29, 1.82) is 0 Å². The van der Waals surface area contributed by atoms with E-state index in [-0.39, 0.29) is 0 Å². The molecule has 96 valence electrons. The Hall–Kier alpha value is -1.72. The Balaban J connectivity index is 2.22. The highest BCUT2D eigenvalue weighted by atomic mass is 16.5. The van der Waals surface area contributed by atoms with Crippen molar-refractivity contribution in [2.24, 2.45) is 5.73 Å². The lowest BCUT2D eigenvalue weighted by Gasteiger charge is -2.03. The van der Waals surface area contributed by atoms with Crippen LogP contribution in [-0.4, -0.2) is 30.4 Å². The lowest BCUT2D eigenvalue weighted by atomic mass is 10.0. The molecule has 0 aliphatic rings. The van der Waals surface area contributed by atoms with Crippen LogP contribution in [0.15, 0.2) is 28.8 Å². The van der Waals surface area contributed by atoms with Crippen LogP contribution in [0.5, 0.6) is 0 Å². The molecule has 0 unspecified atom stereocenters. The first kappa shape index (κ1) is 12.7. The zero-order valence-electron chi connectivity index (χ0n) is 10.4. The number of nitrogens with zero attached hydrogens (tertiary/aromatic N) is 2. The Morgan fingerprint density at radius 1 is 1.28 bits per heavy atom. The second-order valence-electron chi connectivity index (χ2n) is 3.95. The van der Waals surface area contributed by atoms with E-state index in [2.05, 4.69) is 10.1 Å². The quantitative estimate of drug-likeness (QED) is 0.835. The lowest BCUT2D eigenvalue weighted by molar-refractivity contribution is 0.199. The van der Waals surface area contributed by atoms with Gasteiger partial charge in [0, 0.05) is 19.1 Å². The maximum absolute atomic E-state index is 5.60. The Kier molecular flexibility index (Phi) is 4.44. The van der Waals surface area contributed by atoms with Crippen LogP contribution in [0.25, 0.3) is 11.5 Å². The van der Waals surface area contributed by atoms with E-state index >= 15 is 0 Å². The van der Waals surface area contributed by atoms with Crippen LogP contribution in [0, 0.1) is 0 Å². The average molecular weight is 247 g/mol. The number of methoxy groups -OCH3 is 1. The molecule has 1 aromatic heterocycles. The largest absolute Gasteiger partial charge is 0.384 e. The molecule has 0 radical (unpaired) electrons. The van der Waals surface area contributed by atoms with Crippen molar-refractivity contribution in [3.8, 4) is 11.5 Å². The predicted molar refractivity (Wildman–Crippen MR) is 68.1 cm³/mol. The SMILES string of the molecule is COCCc1noc(-c2ccccc2CCN)n1. The van der Waals surface area contributed by atoms with Crippen molar-refractivity contribution in [1.82, 2.24) is 10.1 Å². The molecule has 0 saturated heterocycles. The highest BCUT2D eigenvalue weighted by Gasteiger charge is 2.11. The normalized spacial score (nSPS) is 10.8. The molecule has 1 heterocycles. The summed E-state index contributed by atoms with van der Waals surface area (Å²) >= 11 is 0. The van der Waals surface area contributed by atoms with Gasteiger partial charge in [0.1, 0.15) is 0 Å². The first-order valence-electron chi connectivity index (χ1n) is 5.95. The van der Waals surface area contributed by atoms with Gasteiger partial charge in [0.15, 0.2) is 5.82 Å². The van der Waals surface area contributed by atoms with E-state index in [0.29, 0.717) is 31.3 Å². The summed E-state index contributed by atoms with van der Waals surface area (Å²) in [6, 6.07) is 7.94. The van der Waals surface area contributed by atoms with Crippen LogP contribution < -0.4 is 5.73 Å². The summed E-state index contributed by atoms with van der Waals surface area (Å²) < 4.78 is 10.3. The summed E-state index contributed by atoms with van der Waals surface area (Å²) in [5.41, 5.74) is 7.68. The molecule has 0 saturated carbocycles. The standard InChI is InChI=1S/C13H17N3O2/c1-17-9-7-12-15-13(18-16-12)11-5-3-2-4-10(11)6-8-14/h2-5H,6-9,14H2,1H3. The second-order valence-corrected chi connectivity index (χ2v) is 3.95. The summed E-state index contributed by atoms with van der Waals surface area (Å²) in [5, 5.41) is 3.93. The molecule has 0 aliphatic carbocycles. The van der Waals surface area contributed by atoms with E-state index in [9.17, 15) is 0 Å². The van der Waals surface area contributed by atoms with E-state index < -0.39 is 0 Å². The van der Waals surface area contributed by atoms with E-state index in [1.54, 1.807) is 7.11 Å². The zero-order chi connectivity index (χ0) is 12.8. The molecule has 5 heteroatoms. The molecule has 1 aromatic carbocycles. The van der Waals surface area contributed by atoms with Gasteiger partial charge >= 0.3 is 0 Å². The zero-order valence-corrected chi connectivity index (χ0v) is 10.4. The molecule has 2 aromatic rings. The fraction of sp³-hybridized carbons (Fsp3) is 0.385. The highest BCUT2D eigenvalue weighted by molar-refractivity contribution is 5.58. The number of aromatic nitrogens is 2. The van der Waals surface area contributed by atoms with Crippen molar-refractivity contribution in [2.45, 2.75) is 12.8 Å². The highest BCUT2D eigenvalue weighted by Crippen LogP contribution is 2.22. The maximum atomic E-state index is 5.60. The van der Waals surface area contributed by atoms with Crippen molar-refractivity contribution < 1.29 is 9.26 Å². The molecule has 0 atom stereocenters. The molecule has 0 aliphatic heterocycles. The van der Waals surface area contributed by atoms with Crippen LogP contribution in [0.2, 0.25) is 0 Å². The third-order valence-electron chi connectivity index (χ3n) is 2.66. The van der Waals surface area contributed by atoms with Gasteiger partial charge in [-0.25, -0.2) is 0 Å². The number of nitrogens with two attached hydrogens (primary N) is 1. The fourth-order valence-corrected chi connectivity index (χ4v) is 1.76. The topological polar surface area (TPSA) is 74.2 Å². The molecule has 0 amide bonds. The van der Waals surface area contributed by atoms with Gasteiger partial charge in [-0.3, -0.25) is 0 Å². The summed E-state index contributed by atoms with van der Waals surface area (Å²) in [7, 11) is 1.65. The Morgan fingerprint density at radius 3 is 2.89 bits per heavy atom. The number of rotatable bonds is 6. The van der Waals surface area contributed by atoms with Crippen LogP contribution in [-0.2, 0) is 17.6 Å². The second kappa shape index (κ2) is 6.28. The van der Waals surface area contributed by atoms with Crippen molar-refractivity contribution in [2.75, 3.05) is 20.3 Å². The average Bonchev–Trinajstić information content (AvgIpc) is 2.86. The smallest absolute Gasteiger partial charge is 0.258 e. The number of hydrogen-bond donors (Lipinski definition) is 1. The van der Waals surface area contributed by atoms with Gasteiger partial charge in [-0.1, -0.05) is 23.4 Å². The molecule has 2 N–H and O–H groups in total. The van der Waals surface area contributed by atoms with Gasteiger partial charge in [0.25, 0.3) is 5.89 Å². The molecule has 0 fully saturated rings. The van der Waals surface area contributed by atoms with Gasteiger partial charge in [0.05, 0.1) is 6.61 Å². The monoisotopic (exact) mass is 247 g/mol. The van der Waals surface area contributed by atoms with Crippen molar-refractivity contribution >= 4 is 0 Å². The van der Waals surface area contributed by atoms with Gasteiger partial charge < -0.3 is 15.0 Å². The molecule has 2 rings (SSSR count). The van der Waals surface area contributed by atoms with Crippen molar-refractivity contribution in [3.63, 3.8) is 0 Å². The Bertz CT molecular complexity index is 496. The van der Waals surface area contributed by atoms with Crippen molar-refractivity contribution in [3.05, 3.63) is 35.7 Å². The minimum Gasteiger partial charge on any atom is -0.384 e. The molecular formula is C13H17N3O2. The molecule has 0 bridgehead atoms. The van der Waals surface area contributed by atoms with Gasteiger partial charge in [0.2, 0.25) is 0 Å². The molecular weight excluding hydrogens is 230 g/mol.